The van der Waals surface area contributed by atoms with Crippen LogP contribution in [0.5, 0.6) is 0 Å². The van der Waals surface area contributed by atoms with Crippen LogP contribution in [0.15, 0.2) is 24.4 Å². The number of likely N-dealkylation sites (tertiary alicyclic amines) is 1. The van der Waals surface area contributed by atoms with Gasteiger partial charge >= 0.3 is 0 Å². The van der Waals surface area contributed by atoms with Gasteiger partial charge in [0, 0.05) is 12.1 Å². The molecule has 3 aromatic rings. The third kappa shape index (κ3) is 2.38. The summed E-state index contributed by atoms with van der Waals surface area (Å²) in [5.41, 5.74) is 4.26. The van der Waals surface area contributed by atoms with Gasteiger partial charge in [0.1, 0.15) is 11.0 Å². The van der Waals surface area contributed by atoms with Gasteiger partial charge in [-0.3, -0.25) is 9.89 Å². The summed E-state index contributed by atoms with van der Waals surface area (Å²) in [5.74, 6) is 0.0357. The van der Waals surface area contributed by atoms with Crippen molar-refractivity contribution in [1.82, 2.24) is 30.5 Å². The molecule has 0 aliphatic carbocycles. The Balaban J connectivity index is 1.68. The van der Waals surface area contributed by atoms with E-state index in [4.69, 9.17) is 0 Å². The zero-order chi connectivity index (χ0) is 15.8. The topological polar surface area (TPSA) is 90.6 Å². The first kappa shape index (κ1) is 13.9. The van der Waals surface area contributed by atoms with Gasteiger partial charge in [0.05, 0.1) is 17.9 Å². The fourth-order valence-electron chi connectivity index (χ4n) is 3.31. The number of aromatic nitrogens is 5. The molecule has 1 fully saturated rings. The van der Waals surface area contributed by atoms with Crippen molar-refractivity contribution in [1.29, 1.82) is 0 Å². The molecule has 1 atom stereocenters. The number of piperidine rings is 1. The number of carbonyl (C=O) groups is 1. The number of nitrogens with one attached hydrogen (secondary N) is 2. The van der Waals surface area contributed by atoms with Crippen molar-refractivity contribution in [2.45, 2.75) is 32.2 Å². The van der Waals surface area contributed by atoms with E-state index < -0.39 is 0 Å². The number of rotatable bonds is 2. The second-order valence-electron chi connectivity index (χ2n) is 6.00. The first-order valence-corrected chi connectivity index (χ1v) is 7.85. The Morgan fingerprint density at radius 3 is 2.96 bits per heavy atom. The molecule has 2 N–H and O–H groups in total. The number of amides is 1. The maximum absolute atomic E-state index is 13.0. The molecular weight excluding hydrogens is 292 g/mol. The maximum atomic E-state index is 13.0. The Kier molecular flexibility index (Phi) is 3.33. The van der Waals surface area contributed by atoms with Gasteiger partial charge in [0.25, 0.3) is 5.91 Å². The Morgan fingerprint density at radius 2 is 2.13 bits per heavy atom. The highest BCUT2D eigenvalue weighted by Gasteiger charge is 2.30. The lowest BCUT2D eigenvalue weighted by molar-refractivity contribution is 0.0605. The first-order chi connectivity index (χ1) is 11.2. The van der Waals surface area contributed by atoms with Gasteiger partial charge in [-0.25, -0.2) is 0 Å². The van der Waals surface area contributed by atoms with Crippen LogP contribution in [0.2, 0.25) is 0 Å². The highest BCUT2D eigenvalue weighted by atomic mass is 16.2. The Labute approximate surface area is 133 Å². The lowest BCUT2D eigenvalue weighted by atomic mass is 9.96. The SMILES string of the molecule is Cc1cn[nH]c1[C@@H]1CCCCN1C(=O)c1ccc2n[nH]nc2c1. The van der Waals surface area contributed by atoms with Crippen molar-refractivity contribution in [3.05, 3.63) is 41.2 Å². The summed E-state index contributed by atoms with van der Waals surface area (Å²) < 4.78 is 0. The minimum absolute atomic E-state index is 0.0357. The van der Waals surface area contributed by atoms with Crippen LogP contribution in [0.25, 0.3) is 11.0 Å². The molecule has 0 unspecified atom stereocenters. The largest absolute Gasteiger partial charge is 0.330 e. The molecule has 23 heavy (non-hydrogen) atoms. The molecule has 2 aromatic heterocycles. The minimum Gasteiger partial charge on any atom is -0.330 e. The van der Waals surface area contributed by atoms with E-state index in [0.29, 0.717) is 11.1 Å². The fourth-order valence-corrected chi connectivity index (χ4v) is 3.31. The number of fused-ring (bicyclic) bond motifs is 1. The second kappa shape index (κ2) is 5.49. The summed E-state index contributed by atoms with van der Waals surface area (Å²) in [6.07, 6.45) is 4.92. The molecule has 0 spiro atoms. The van der Waals surface area contributed by atoms with Crippen molar-refractivity contribution >= 4 is 16.9 Å². The average Bonchev–Trinajstić information content (AvgIpc) is 3.22. The third-order valence-corrected chi connectivity index (χ3v) is 4.53. The molecule has 7 heteroatoms. The molecule has 7 nitrogen and oxygen atoms in total. The van der Waals surface area contributed by atoms with Crippen LogP contribution in [-0.4, -0.2) is 43.0 Å². The molecule has 0 bridgehead atoms. The minimum atomic E-state index is 0.0357. The number of nitrogens with zero attached hydrogens (tertiary/aromatic N) is 4. The Morgan fingerprint density at radius 1 is 1.26 bits per heavy atom. The van der Waals surface area contributed by atoms with Crippen molar-refractivity contribution in [3.63, 3.8) is 0 Å². The number of carbonyl (C=O) groups excluding carboxylic acids is 1. The summed E-state index contributed by atoms with van der Waals surface area (Å²) in [6, 6.07) is 5.50. The van der Waals surface area contributed by atoms with Gasteiger partial charge in [-0.15, -0.1) is 0 Å². The van der Waals surface area contributed by atoms with E-state index in [9.17, 15) is 4.79 Å². The van der Waals surface area contributed by atoms with E-state index in [2.05, 4.69) is 25.6 Å². The summed E-state index contributed by atoms with van der Waals surface area (Å²) in [6.45, 7) is 2.79. The highest BCUT2D eigenvalue weighted by Crippen LogP contribution is 2.32. The van der Waals surface area contributed by atoms with E-state index in [0.717, 1.165) is 42.6 Å². The monoisotopic (exact) mass is 310 g/mol. The van der Waals surface area contributed by atoms with Gasteiger partial charge in [-0.05, 0) is 49.9 Å². The summed E-state index contributed by atoms with van der Waals surface area (Å²) >= 11 is 0. The smallest absolute Gasteiger partial charge is 0.254 e. The van der Waals surface area contributed by atoms with Crippen LogP contribution in [0.3, 0.4) is 0 Å². The first-order valence-electron chi connectivity index (χ1n) is 7.85. The standard InChI is InChI=1S/C16H18N6O/c1-10-9-17-20-15(10)14-4-2-3-7-22(14)16(23)11-5-6-12-13(8-11)19-21-18-12/h5-6,8-9,14H,2-4,7H2,1H3,(H,17,20)(H,18,19,21)/t14-/m0/s1. The van der Waals surface area contributed by atoms with E-state index in [1.807, 2.05) is 30.2 Å². The highest BCUT2D eigenvalue weighted by molar-refractivity contribution is 5.97. The average molecular weight is 310 g/mol. The van der Waals surface area contributed by atoms with Crippen molar-refractivity contribution in [2.24, 2.45) is 0 Å². The summed E-state index contributed by atoms with van der Waals surface area (Å²) in [5, 5.41) is 17.9. The van der Waals surface area contributed by atoms with Gasteiger partial charge in [-0.1, -0.05) is 0 Å². The third-order valence-electron chi connectivity index (χ3n) is 4.53. The van der Waals surface area contributed by atoms with Crippen LogP contribution >= 0.6 is 0 Å². The van der Waals surface area contributed by atoms with Gasteiger partial charge < -0.3 is 4.90 Å². The molecule has 1 aliphatic rings. The normalized spacial score (nSPS) is 18.5. The number of hydrogen-bond acceptors (Lipinski definition) is 4. The van der Waals surface area contributed by atoms with Crippen LogP contribution in [-0.2, 0) is 0 Å². The number of H-pyrrole nitrogens is 2. The number of hydrogen-bond donors (Lipinski definition) is 2. The molecule has 1 saturated heterocycles. The maximum Gasteiger partial charge on any atom is 0.254 e. The zero-order valence-corrected chi connectivity index (χ0v) is 12.9. The van der Waals surface area contributed by atoms with Crippen LogP contribution in [0.1, 0.15) is 46.9 Å². The Hall–Kier alpha value is -2.70. The van der Waals surface area contributed by atoms with Crippen LogP contribution in [0.4, 0.5) is 0 Å². The number of benzene rings is 1. The molecule has 1 amide bonds. The summed E-state index contributed by atoms with van der Waals surface area (Å²) in [4.78, 5) is 15.0. The molecule has 1 aromatic carbocycles. The lowest BCUT2D eigenvalue weighted by Gasteiger charge is -2.35. The van der Waals surface area contributed by atoms with Crippen molar-refractivity contribution in [2.75, 3.05) is 6.54 Å². The fraction of sp³-hybridized carbons (Fsp3) is 0.375. The summed E-state index contributed by atoms with van der Waals surface area (Å²) in [7, 11) is 0. The van der Waals surface area contributed by atoms with E-state index in [1.54, 1.807) is 6.07 Å². The molecule has 1 aliphatic heterocycles. The predicted molar refractivity (Wildman–Crippen MR) is 84.8 cm³/mol. The van der Waals surface area contributed by atoms with E-state index >= 15 is 0 Å². The van der Waals surface area contributed by atoms with E-state index in [-0.39, 0.29) is 11.9 Å². The predicted octanol–water partition coefficient (Wildman–Crippen LogP) is 2.36. The van der Waals surface area contributed by atoms with E-state index in [1.165, 1.54) is 0 Å². The lowest BCUT2D eigenvalue weighted by Crippen LogP contribution is -2.39. The van der Waals surface area contributed by atoms with Gasteiger partial charge in [0.2, 0.25) is 0 Å². The molecule has 3 heterocycles. The number of aryl methyl sites for hydroxylation is 1. The molecule has 0 saturated carbocycles. The second-order valence-corrected chi connectivity index (χ2v) is 6.00. The molecule has 4 rings (SSSR count). The Bertz CT molecular complexity index is 851. The van der Waals surface area contributed by atoms with Crippen LogP contribution < -0.4 is 0 Å². The molecule has 118 valence electrons. The number of aromatic amines is 2. The molecular formula is C16H18N6O. The van der Waals surface area contributed by atoms with Gasteiger partial charge in [-0.2, -0.15) is 20.5 Å². The van der Waals surface area contributed by atoms with Gasteiger partial charge in [0.15, 0.2) is 0 Å². The molecule has 0 radical (unpaired) electrons. The zero-order valence-electron chi connectivity index (χ0n) is 12.9. The van der Waals surface area contributed by atoms with Crippen LogP contribution in [0, 0.1) is 6.92 Å². The quantitative estimate of drug-likeness (QED) is 0.760. The van der Waals surface area contributed by atoms with Crippen molar-refractivity contribution < 1.29 is 4.79 Å². The van der Waals surface area contributed by atoms with Crippen molar-refractivity contribution in [3.8, 4) is 0 Å².